The van der Waals surface area contributed by atoms with Gasteiger partial charge in [0.2, 0.25) is 10.0 Å². The largest absolute Gasteiger partial charge is 0.491 e. The molecule has 10 heteroatoms. The van der Waals surface area contributed by atoms with Gasteiger partial charge in [-0.2, -0.15) is 4.31 Å². The molecule has 0 aliphatic carbocycles. The molecule has 0 radical (unpaired) electrons. The smallest absolute Gasteiger partial charge is 0.351 e. The van der Waals surface area contributed by atoms with E-state index in [4.69, 9.17) is 16.3 Å². The van der Waals surface area contributed by atoms with Crippen molar-refractivity contribution in [3.8, 4) is 12.3 Å². The maximum atomic E-state index is 13.8. The van der Waals surface area contributed by atoms with E-state index in [2.05, 4.69) is 4.85 Å². The number of halogens is 1. The van der Waals surface area contributed by atoms with Crippen molar-refractivity contribution >= 4 is 27.4 Å². The quantitative estimate of drug-likeness (QED) is 0.475. The van der Waals surface area contributed by atoms with E-state index in [1.54, 1.807) is 12.1 Å². The number of benzene rings is 2. The third-order valence-electron chi connectivity index (χ3n) is 6.24. The first-order chi connectivity index (χ1) is 16.9. The van der Waals surface area contributed by atoms with Crippen LogP contribution in [-0.4, -0.2) is 54.2 Å². The third-order valence-corrected chi connectivity index (χ3v) is 8.07. The van der Waals surface area contributed by atoms with Gasteiger partial charge in [-0.1, -0.05) is 6.92 Å². The maximum absolute atomic E-state index is 13.8. The van der Waals surface area contributed by atoms with E-state index in [1.165, 1.54) is 28.6 Å². The van der Waals surface area contributed by atoms with E-state index in [0.717, 1.165) is 6.07 Å². The highest BCUT2D eigenvalue weighted by atomic mass is 32.2. The van der Waals surface area contributed by atoms with Crippen LogP contribution in [0.1, 0.15) is 46.1 Å². The van der Waals surface area contributed by atoms with Crippen molar-refractivity contribution in [3.63, 3.8) is 0 Å². The molecule has 8 nitrogen and oxygen atoms in total. The molecule has 1 aliphatic heterocycles. The van der Waals surface area contributed by atoms with Crippen LogP contribution in [0.25, 0.3) is 4.85 Å². The monoisotopic (exact) mass is 516 g/mol. The van der Waals surface area contributed by atoms with Crippen LogP contribution in [0.4, 0.5) is 10.1 Å². The van der Waals surface area contributed by atoms with Gasteiger partial charge in [0.05, 0.1) is 40.3 Å². The van der Waals surface area contributed by atoms with Gasteiger partial charge in [-0.3, -0.25) is 9.79 Å². The minimum Gasteiger partial charge on any atom is -0.491 e. The number of rotatable bonds is 9. The second-order valence-corrected chi connectivity index (χ2v) is 11.4. The predicted molar refractivity (Wildman–Crippen MR) is 136 cm³/mol. The van der Waals surface area contributed by atoms with E-state index in [-0.39, 0.29) is 48.5 Å². The van der Waals surface area contributed by atoms with Gasteiger partial charge < -0.3 is 9.84 Å². The van der Waals surface area contributed by atoms with Gasteiger partial charge in [0.25, 0.3) is 6.57 Å². The molecular formula is C26H31FN3O5S+. The predicted octanol–water partition coefficient (Wildman–Crippen LogP) is 4.96. The third kappa shape index (κ3) is 6.09. The van der Waals surface area contributed by atoms with Gasteiger partial charge >= 0.3 is 11.7 Å². The van der Waals surface area contributed by atoms with Gasteiger partial charge in [0, 0.05) is 19.5 Å². The summed E-state index contributed by atoms with van der Waals surface area (Å²) in [4.78, 5) is 19.9. The number of nitrogens with zero attached hydrogens (tertiary/aromatic N) is 3. The Balaban J connectivity index is 1.95. The first kappa shape index (κ1) is 27.3. The highest BCUT2D eigenvalue weighted by Crippen LogP contribution is 2.36. The number of carboxylic acid groups (broad SMARTS) is 1. The summed E-state index contributed by atoms with van der Waals surface area (Å²) >= 11 is 0. The summed E-state index contributed by atoms with van der Waals surface area (Å²) in [5.41, 5.74) is 0.0737. The molecule has 0 unspecified atom stereocenters. The van der Waals surface area contributed by atoms with Crippen molar-refractivity contribution in [1.82, 2.24) is 4.31 Å². The molecular weight excluding hydrogens is 485 g/mol. The Morgan fingerprint density at radius 2 is 1.94 bits per heavy atom. The highest BCUT2D eigenvalue weighted by Gasteiger charge is 2.45. The summed E-state index contributed by atoms with van der Waals surface area (Å²) < 4.78 is 47.5. The lowest BCUT2D eigenvalue weighted by molar-refractivity contribution is -0.136. The Hall–Kier alpha value is -3.29. The molecule has 192 valence electrons. The van der Waals surface area contributed by atoms with Crippen molar-refractivity contribution < 1.29 is 27.4 Å². The molecule has 1 fully saturated rings. The SMILES string of the molecule is C#[N+]c1cc(F)ccc1C(CCC(=O)O)=N[C@]1(C)CN(S(=O)(=O)c2ccc(OC(C)C)cc2)C[C@H]1C. The van der Waals surface area contributed by atoms with Crippen molar-refractivity contribution in [3.05, 3.63) is 58.7 Å². The number of carboxylic acids is 1. The van der Waals surface area contributed by atoms with Gasteiger partial charge in [-0.25, -0.2) is 12.8 Å². The lowest BCUT2D eigenvalue weighted by Gasteiger charge is -2.25. The maximum Gasteiger partial charge on any atom is 0.351 e. The van der Waals surface area contributed by atoms with Crippen LogP contribution < -0.4 is 4.74 Å². The second-order valence-electron chi connectivity index (χ2n) is 9.44. The highest BCUT2D eigenvalue weighted by molar-refractivity contribution is 7.89. The standard InChI is InChI=1S/C26H30FN3O5S/c1-17(2)35-20-7-9-21(10-8-20)36(33,34)30-15-18(3)26(4,16-30)29-23(12-13-25(31)32)22-11-6-19(27)14-24(22)28-5/h5-11,14,17-18H,12-13,15-16H2,1-4H3/p+1/t18-,26-/m1/s1. The normalized spacial score (nSPS) is 20.9. The molecule has 1 heterocycles. The molecule has 36 heavy (non-hydrogen) atoms. The molecule has 0 spiro atoms. The van der Waals surface area contributed by atoms with Crippen LogP contribution in [0.15, 0.2) is 52.4 Å². The van der Waals surface area contributed by atoms with Crippen LogP contribution >= 0.6 is 0 Å². The van der Waals surface area contributed by atoms with Crippen LogP contribution in [0.5, 0.6) is 5.75 Å². The van der Waals surface area contributed by atoms with E-state index < -0.39 is 27.3 Å². The molecule has 0 bridgehead atoms. The summed E-state index contributed by atoms with van der Waals surface area (Å²) in [5, 5.41) is 9.24. The van der Waals surface area contributed by atoms with Crippen LogP contribution in [0.3, 0.4) is 0 Å². The summed E-state index contributed by atoms with van der Waals surface area (Å²) in [7, 11) is -3.81. The Morgan fingerprint density at radius 1 is 1.28 bits per heavy atom. The summed E-state index contributed by atoms with van der Waals surface area (Å²) in [6.07, 6.45) is -0.192. The van der Waals surface area contributed by atoms with Gasteiger partial charge in [-0.15, -0.1) is 0 Å². The van der Waals surface area contributed by atoms with Crippen LogP contribution in [-0.2, 0) is 14.8 Å². The Labute approximate surface area is 211 Å². The average Bonchev–Trinajstić information content (AvgIpc) is 3.11. The van der Waals surface area contributed by atoms with Gasteiger partial charge in [-0.05, 0) is 67.9 Å². The van der Waals surface area contributed by atoms with E-state index >= 15 is 0 Å². The molecule has 3 rings (SSSR count). The van der Waals surface area contributed by atoms with E-state index in [0.29, 0.717) is 17.0 Å². The Morgan fingerprint density at radius 3 is 2.53 bits per heavy atom. The molecule has 0 amide bonds. The summed E-state index contributed by atoms with van der Waals surface area (Å²) in [5.74, 6) is -1.16. The van der Waals surface area contributed by atoms with Gasteiger partial charge in [0.1, 0.15) is 11.6 Å². The zero-order valence-corrected chi connectivity index (χ0v) is 21.6. The lowest BCUT2D eigenvalue weighted by atomic mass is 9.90. The van der Waals surface area contributed by atoms with Crippen LogP contribution in [0.2, 0.25) is 0 Å². The van der Waals surface area contributed by atoms with Crippen molar-refractivity contribution in [2.24, 2.45) is 10.9 Å². The number of carbonyl (C=O) groups is 1. The molecule has 0 saturated carbocycles. The molecule has 1 aliphatic rings. The first-order valence-corrected chi connectivity index (χ1v) is 13.1. The number of hydrogen-bond acceptors (Lipinski definition) is 5. The summed E-state index contributed by atoms with van der Waals surface area (Å²) in [6, 6.07) is 10.1. The fourth-order valence-corrected chi connectivity index (χ4v) is 5.79. The Kier molecular flexibility index (Phi) is 8.16. The zero-order valence-electron chi connectivity index (χ0n) is 20.8. The van der Waals surface area contributed by atoms with Crippen LogP contribution in [0, 0.1) is 18.3 Å². The minimum absolute atomic E-state index is 0.0329. The van der Waals surface area contributed by atoms with Crippen molar-refractivity contribution in [2.75, 3.05) is 13.1 Å². The number of sulfonamides is 1. The lowest BCUT2D eigenvalue weighted by Crippen LogP contribution is -2.35. The zero-order chi connectivity index (χ0) is 26.7. The molecule has 1 N–H and O–H groups in total. The van der Waals surface area contributed by atoms with Crippen molar-refractivity contribution in [2.45, 2.75) is 57.1 Å². The Bertz CT molecular complexity index is 1300. The molecule has 1 saturated heterocycles. The number of ether oxygens (including phenoxy) is 1. The average molecular weight is 517 g/mol. The fourth-order valence-electron chi connectivity index (χ4n) is 4.16. The molecule has 2 aromatic carbocycles. The molecule has 2 aromatic rings. The number of aliphatic carboxylic acids is 1. The molecule has 2 atom stereocenters. The van der Waals surface area contributed by atoms with E-state index in [9.17, 15) is 22.7 Å². The van der Waals surface area contributed by atoms with Crippen molar-refractivity contribution in [1.29, 1.82) is 0 Å². The second kappa shape index (κ2) is 10.8. The fraction of sp³-hybridized carbons (Fsp3) is 0.423. The van der Waals surface area contributed by atoms with Gasteiger partial charge in [0.15, 0.2) is 0 Å². The minimum atomic E-state index is -3.81. The number of aliphatic imine (C=N–C) groups is 1. The van der Waals surface area contributed by atoms with E-state index in [1.807, 2.05) is 27.7 Å². The number of hydrogen-bond donors (Lipinski definition) is 1. The summed E-state index contributed by atoms with van der Waals surface area (Å²) in [6.45, 7) is 13.3. The topological polar surface area (TPSA) is 101 Å². The molecule has 0 aromatic heterocycles. The first-order valence-electron chi connectivity index (χ1n) is 11.6.